The molecule has 1 aliphatic carbocycles. The Morgan fingerprint density at radius 1 is 1.45 bits per heavy atom. The van der Waals surface area contributed by atoms with E-state index < -0.39 is 17.4 Å². The smallest absolute Gasteiger partial charge is 0.272 e. The first-order valence-electron chi connectivity index (χ1n) is 6.21. The van der Waals surface area contributed by atoms with E-state index in [2.05, 4.69) is 5.32 Å². The molecule has 1 aromatic rings. The molecule has 1 aromatic heterocycles. The summed E-state index contributed by atoms with van der Waals surface area (Å²) in [7, 11) is 0. The maximum Gasteiger partial charge on any atom is 0.272 e. The number of pyridine rings is 1. The van der Waals surface area contributed by atoms with Crippen molar-refractivity contribution in [3.8, 4) is 0 Å². The lowest BCUT2D eigenvalue weighted by Crippen LogP contribution is -2.46. The minimum Gasteiger partial charge on any atom is -0.324 e. The summed E-state index contributed by atoms with van der Waals surface area (Å²) in [6, 6.07) is 2.88. The van der Waals surface area contributed by atoms with Crippen molar-refractivity contribution >= 4 is 17.5 Å². The Kier molecular flexibility index (Phi) is 2.83. The lowest BCUT2D eigenvalue weighted by molar-refractivity contribution is 0.0940. The van der Waals surface area contributed by atoms with Crippen LogP contribution in [0.25, 0.3) is 0 Å². The number of rotatable bonds is 1. The molecule has 0 aromatic carbocycles. The van der Waals surface area contributed by atoms with Gasteiger partial charge in [-0.1, -0.05) is 23.8 Å². The van der Waals surface area contributed by atoms with E-state index in [4.69, 9.17) is 11.6 Å². The largest absolute Gasteiger partial charge is 0.324 e. The molecule has 4 nitrogen and oxygen atoms in total. The second-order valence-corrected chi connectivity index (χ2v) is 5.42. The third-order valence-corrected chi connectivity index (χ3v) is 3.94. The molecular formula is C14H12ClFN2O2. The Morgan fingerprint density at radius 2 is 2.20 bits per heavy atom. The van der Waals surface area contributed by atoms with E-state index in [0.29, 0.717) is 12.0 Å². The van der Waals surface area contributed by atoms with E-state index in [1.54, 1.807) is 19.1 Å². The van der Waals surface area contributed by atoms with Crippen molar-refractivity contribution in [3.05, 3.63) is 57.0 Å². The third kappa shape index (κ3) is 1.73. The summed E-state index contributed by atoms with van der Waals surface area (Å²) in [5.41, 5.74) is -0.833. The molecule has 0 spiro atoms. The Bertz CT molecular complexity index is 722. The zero-order valence-electron chi connectivity index (χ0n) is 10.7. The molecule has 1 amide bonds. The molecule has 20 heavy (non-hydrogen) atoms. The van der Waals surface area contributed by atoms with Gasteiger partial charge < -0.3 is 5.32 Å². The van der Waals surface area contributed by atoms with E-state index in [9.17, 15) is 14.0 Å². The highest BCUT2D eigenvalue weighted by atomic mass is 35.5. The van der Waals surface area contributed by atoms with Crippen molar-refractivity contribution in [2.75, 3.05) is 0 Å². The number of carbonyl (C=O) groups excluding carboxylic acids is 1. The summed E-state index contributed by atoms with van der Waals surface area (Å²) in [6.45, 7) is 1.66. The number of aromatic nitrogens is 1. The fourth-order valence-electron chi connectivity index (χ4n) is 2.65. The Labute approximate surface area is 119 Å². The van der Waals surface area contributed by atoms with Gasteiger partial charge in [0.2, 0.25) is 0 Å². The van der Waals surface area contributed by atoms with Gasteiger partial charge in [0, 0.05) is 6.42 Å². The van der Waals surface area contributed by atoms with Gasteiger partial charge in [-0.15, -0.1) is 0 Å². The van der Waals surface area contributed by atoms with Crippen molar-refractivity contribution in [1.29, 1.82) is 0 Å². The molecule has 6 heteroatoms. The van der Waals surface area contributed by atoms with Crippen molar-refractivity contribution in [2.45, 2.75) is 25.2 Å². The molecule has 0 fully saturated rings. The molecule has 0 radical (unpaired) electrons. The number of carbonyl (C=O) groups is 1. The molecule has 0 bridgehead atoms. The molecule has 2 aliphatic rings. The normalized spacial score (nSPS) is 28.1. The van der Waals surface area contributed by atoms with Crippen LogP contribution in [0.3, 0.4) is 0 Å². The maximum absolute atomic E-state index is 13.6. The van der Waals surface area contributed by atoms with Crippen LogP contribution in [0.4, 0.5) is 4.39 Å². The number of fused-ring (bicyclic) bond motifs is 1. The summed E-state index contributed by atoms with van der Waals surface area (Å²) in [5.74, 6) is -0.378. The van der Waals surface area contributed by atoms with Gasteiger partial charge in [0.25, 0.3) is 11.5 Å². The molecule has 2 heterocycles. The van der Waals surface area contributed by atoms with Gasteiger partial charge >= 0.3 is 0 Å². The Hall–Kier alpha value is -1.88. The van der Waals surface area contributed by atoms with Gasteiger partial charge in [0.05, 0.1) is 0 Å². The van der Waals surface area contributed by atoms with Crippen LogP contribution in [0.2, 0.25) is 5.02 Å². The number of nitrogens with one attached hydrogen (secondary N) is 1. The fourth-order valence-corrected chi connectivity index (χ4v) is 2.79. The number of hydrogen-bond donors (Lipinski definition) is 1. The van der Waals surface area contributed by atoms with Crippen molar-refractivity contribution in [3.63, 3.8) is 0 Å². The number of hydrogen-bond acceptors (Lipinski definition) is 2. The molecule has 2 atom stereocenters. The molecule has 1 N–H and O–H groups in total. The van der Waals surface area contributed by atoms with E-state index in [-0.39, 0.29) is 16.6 Å². The Morgan fingerprint density at radius 3 is 2.90 bits per heavy atom. The number of alkyl halides is 1. The quantitative estimate of drug-likeness (QED) is 0.863. The molecule has 2 unspecified atom stereocenters. The highest BCUT2D eigenvalue weighted by molar-refractivity contribution is 6.30. The highest BCUT2D eigenvalue weighted by Crippen LogP contribution is 2.32. The SMILES string of the molecule is CC1(C2=CC(F)CC=C2)NC(=O)c2ccc(Cl)c(=O)n21. The van der Waals surface area contributed by atoms with Crippen LogP contribution in [0.15, 0.2) is 40.7 Å². The average Bonchev–Trinajstić information content (AvgIpc) is 2.67. The van der Waals surface area contributed by atoms with E-state index in [1.807, 2.05) is 0 Å². The molecule has 0 saturated carbocycles. The minimum atomic E-state index is -1.12. The molecule has 1 aliphatic heterocycles. The summed E-state index contributed by atoms with van der Waals surface area (Å²) in [6.07, 6.45) is 4.00. The Balaban J connectivity index is 2.24. The standard InChI is InChI=1S/C14H12ClFN2O2/c1-14(8-3-2-4-9(16)7-8)17-12(19)11-6-5-10(15)13(20)18(11)14/h2-3,5-7,9H,4H2,1H3,(H,17,19). The van der Waals surface area contributed by atoms with Gasteiger partial charge in [0.1, 0.15) is 22.6 Å². The van der Waals surface area contributed by atoms with E-state index in [0.717, 1.165) is 0 Å². The van der Waals surface area contributed by atoms with Crippen LogP contribution in [0.1, 0.15) is 23.8 Å². The molecule has 3 rings (SSSR count). The zero-order chi connectivity index (χ0) is 14.5. The number of nitrogens with zero attached hydrogens (tertiary/aromatic N) is 1. The average molecular weight is 295 g/mol. The lowest BCUT2D eigenvalue weighted by atomic mass is 9.95. The first-order chi connectivity index (χ1) is 9.43. The fraction of sp³-hybridized carbons (Fsp3) is 0.286. The van der Waals surface area contributed by atoms with Crippen LogP contribution in [0, 0.1) is 0 Å². The van der Waals surface area contributed by atoms with Gasteiger partial charge in [-0.3, -0.25) is 14.2 Å². The topological polar surface area (TPSA) is 51.1 Å². The number of allylic oxidation sites excluding steroid dienone is 2. The van der Waals surface area contributed by atoms with Gasteiger partial charge in [-0.25, -0.2) is 4.39 Å². The molecular weight excluding hydrogens is 283 g/mol. The number of halogens is 2. The van der Waals surface area contributed by atoms with Crippen LogP contribution in [-0.4, -0.2) is 16.6 Å². The minimum absolute atomic E-state index is 0.0219. The summed E-state index contributed by atoms with van der Waals surface area (Å²) in [5, 5.41) is 2.76. The number of amides is 1. The van der Waals surface area contributed by atoms with Crippen LogP contribution in [-0.2, 0) is 5.66 Å². The van der Waals surface area contributed by atoms with Crippen molar-refractivity contribution < 1.29 is 9.18 Å². The maximum atomic E-state index is 13.6. The van der Waals surface area contributed by atoms with Gasteiger partial charge in [0.15, 0.2) is 0 Å². The van der Waals surface area contributed by atoms with Crippen LogP contribution in [0.5, 0.6) is 0 Å². The van der Waals surface area contributed by atoms with E-state index in [1.165, 1.54) is 22.8 Å². The zero-order valence-corrected chi connectivity index (χ0v) is 11.4. The monoisotopic (exact) mass is 294 g/mol. The lowest BCUT2D eigenvalue weighted by Gasteiger charge is -2.30. The van der Waals surface area contributed by atoms with Crippen LogP contribution >= 0.6 is 11.6 Å². The van der Waals surface area contributed by atoms with Crippen LogP contribution < -0.4 is 10.9 Å². The molecule has 104 valence electrons. The van der Waals surface area contributed by atoms with E-state index >= 15 is 0 Å². The third-order valence-electron chi connectivity index (χ3n) is 3.65. The van der Waals surface area contributed by atoms with Crippen molar-refractivity contribution in [2.24, 2.45) is 0 Å². The second kappa shape index (κ2) is 4.31. The van der Waals surface area contributed by atoms with Gasteiger partial charge in [-0.05, 0) is 30.7 Å². The van der Waals surface area contributed by atoms with Crippen molar-refractivity contribution in [1.82, 2.24) is 9.88 Å². The second-order valence-electron chi connectivity index (χ2n) is 5.01. The summed E-state index contributed by atoms with van der Waals surface area (Å²) < 4.78 is 14.8. The summed E-state index contributed by atoms with van der Waals surface area (Å²) in [4.78, 5) is 24.2. The first-order valence-corrected chi connectivity index (χ1v) is 6.59. The highest BCUT2D eigenvalue weighted by Gasteiger charge is 2.42. The van der Waals surface area contributed by atoms with Gasteiger partial charge in [-0.2, -0.15) is 0 Å². The summed E-state index contributed by atoms with van der Waals surface area (Å²) >= 11 is 5.85. The molecule has 0 saturated heterocycles. The predicted molar refractivity (Wildman–Crippen MR) is 73.6 cm³/mol. The predicted octanol–water partition coefficient (Wildman–Crippen LogP) is 2.14. The first kappa shape index (κ1) is 13.1.